The van der Waals surface area contributed by atoms with Crippen molar-refractivity contribution in [3.05, 3.63) is 35.4 Å². The average molecular weight is 241 g/mol. The minimum atomic E-state index is -4.52. The number of nitrogens with zero attached hydrogens (tertiary/aromatic N) is 1. The van der Waals surface area contributed by atoms with Gasteiger partial charge in [-0.15, -0.1) is 0 Å². The van der Waals surface area contributed by atoms with Gasteiger partial charge in [-0.2, -0.15) is 18.4 Å². The normalized spacial score (nSPS) is 14.2. The molecule has 0 amide bonds. The maximum Gasteiger partial charge on any atom is 0.408 e. The topological polar surface area (TPSA) is 23.8 Å². The molecule has 4 heteroatoms. The molecule has 0 fully saturated rings. The Labute approximate surface area is 98.9 Å². The summed E-state index contributed by atoms with van der Waals surface area (Å²) in [5.74, 6) is -2.04. The zero-order chi connectivity index (χ0) is 13.3. The summed E-state index contributed by atoms with van der Waals surface area (Å²) in [6.07, 6.45) is -4.52. The zero-order valence-electron chi connectivity index (χ0n) is 9.97. The lowest BCUT2D eigenvalue weighted by molar-refractivity contribution is -0.137. The Morgan fingerprint density at radius 2 is 1.53 bits per heavy atom. The molecule has 0 heterocycles. The van der Waals surface area contributed by atoms with Gasteiger partial charge in [0.2, 0.25) is 0 Å². The molecule has 0 spiro atoms. The molecule has 0 radical (unpaired) electrons. The lowest BCUT2D eigenvalue weighted by atomic mass is 9.85. The second-order valence-electron chi connectivity index (χ2n) is 4.98. The van der Waals surface area contributed by atoms with Gasteiger partial charge in [-0.05, 0) is 16.5 Å². The molecular formula is C13H14F3N. The first kappa shape index (κ1) is 13.6. The van der Waals surface area contributed by atoms with Crippen LogP contribution in [0.2, 0.25) is 0 Å². The zero-order valence-corrected chi connectivity index (χ0v) is 9.97. The van der Waals surface area contributed by atoms with Crippen LogP contribution in [0.15, 0.2) is 24.3 Å². The first-order valence-electron chi connectivity index (χ1n) is 5.23. The Balaban J connectivity index is 3.07. The molecule has 1 atom stereocenters. The van der Waals surface area contributed by atoms with Gasteiger partial charge < -0.3 is 0 Å². The minimum absolute atomic E-state index is 0.00648. The van der Waals surface area contributed by atoms with Crippen LogP contribution in [-0.2, 0) is 5.41 Å². The summed E-state index contributed by atoms with van der Waals surface area (Å²) in [5.41, 5.74) is 0.826. The van der Waals surface area contributed by atoms with Crippen LogP contribution < -0.4 is 0 Å². The van der Waals surface area contributed by atoms with Crippen molar-refractivity contribution >= 4 is 0 Å². The quantitative estimate of drug-likeness (QED) is 0.724. The van der Waals surface area contributed by atoms with Crippen molar-refractivity contribution in [2.75, 3.05) is 0 Å². The van der Waals surface area contributed by atoms with E-state index >= 15 is 0 Å². The molecule has 0 aliphatic rings. The highest BCUT2D eigenvalue weighted by atomic mass is 19.4. The van der Waals surface area contributed by atoms with Crippen molar-refractivity contribution in [3.8, 4) is 6.07 Å². The van der Waals surface area contributed by atoms with Gasteiger partial charge in [-0.25, -0.2) is 0 Å². The molecule has 0 bridgehead atoms. The Morgan fingerprint density at radius 3 is 1.82 bits per heavy atom. The Morgan fingerprint density at radius 1 is 1.06 bits per heavy atom. The summed E-state index contributed by atoms with van der Waals surface area (Å²) in [5, 5.41) is 8.57. The van der Waals surface area contributed by atoms with Gasteiger partial charge in [0.25, 0.3) is 0 Å². The molecule has 92 valence electrons. The lowest BCUT2D eigenvalue weighted by Crippen LogP contribution is -2.19. The highest BCUT2D eigenvalue weighted by Crippen LogP contribution is 2.35. The second-order valence-corrected chi connectivity index (χ2v) is 4.98. The first-order valence-corrected chi connectivity index (χ1v) is 5.23. The van der Waals surface area contributed by atoms with E-state index in [1.807, 2.05) is 20.8 Å². The predicted octanol–water partition coefficient (Wildman–Crippen LogP) is 4.15. The van der Waals surface area contributed by atoms with Crippen molar-refractivity contribution < 1.29 is 13.2 Å². The Hall–Kier alpha value is -1.50. The molecule has 1 unspecified atom stereocenters. The van der Waals surface area contributed by atoms with Crippen molar-refractivity contribution in [2.45, 2.75) is 38.3 Å². The van der Waals surface area contributed by atoms with Crippen LogP contribution >= 0.6 is 0 Å². The van der Waals surface area contributed by atoms with Crippen molar-refractivity contribution in [2.24, 2.45) is 0 Å². The molecule has 0 aliphatic heterocycles. The van der Waals surface area contributed by atoms with E-state index in [1.165, 1.54) is 18.2 Å². The molecule has 0 aromatic heterocycles. The van der Waals surface area contributed by atoms with Gasteiger partial charge in [0.15, 0.2) is 5.92 Å². The number of benzene rings is 1. The number of rotatable bonds is 1. The monoisotopic (exact) mass is 241 g/mol. The molecule has 1 aromatic carbocycles. The Kier molecular flexibility index (Phi) is 3.51. The van der Waals surface area contributed by atoms with Crippen molar-refractivity contribution in [3.63, 3.8) is 0 Å². The van der Waals surface area contributed by atoms with E-state index in [1.54, 1.807) is 12.1 Å². The molecular weight excluding hydrogens is 227 g/mol. The maximum absolute atomic E-state index is 12.5. The van der Waals surface area contributed by atoms with Crippen LogP contribution in [0.25, 0.3) is 0 Å². The average Bonchev–Trinajstić information content (AvgIpc) is 2.16. The smallest absolute Gasteiger partial charge is 0.197 e. The van der Waals surface area contributed by atoms with E-state index in [4.69, 9.17) is 5.26 Å². The molecule has 1 nitrogen and oxygen atoms in total. The standard InChI is InChI=1S/C13H14F3N/c1-12(2,3)10-6-4-9(5-7-10)11(8-17)13(14,15)16/h4-7,11H,1-3H3. The van der Waals surface area contributed by atoms with E-state index in [-0.39, 0.29) is 11.0 Å². The SMILES string of the molecule is CC(C)(C)c1ccc(C(C#N)C(F)(F)F)cc1. The van der Waals surface area contributed by atoms with E-state index in [2.05, 4.69) is 0 Å². The van der Waals surface area contributed by atoms with Gasteiger partial charge in [-0.1, -0.05) is 45.0 Å². The highest BCUT2D eigenvalue weighted by Gasteiger charge is 2.41. The molecule has 17 heavy (non-hydrogen) atoms. The number of nitriles is 1. The fourth-order valence-electron chi connectivity index (χ4n) is 1.51. The van der Waals surface area contributed by atoms with E-state index in [0.717, 1.165) is 5.56 Å². The fraction of sp³-hybridized carbons (Fsp3) is 0.462. The number of alkyl halides is 3. The van der Waals surface area contributed by atoms with Gasteiger partial charge in [0.05, 0.1) is 6.07 Å². The molecule has 1 rings (SSSR count). The van der Waals surface area contributed by atoms with E-state index in [0.29, 0.717) is 0 Å². The summed E-state index contributed by atoms with van der Waals surface area (Å²) >= 11 is 0. The lowest BCUT2D eigenvalue weighted by Gasteiger charge is -2.20. The van der Waals surface area contributed by atoms with E-state index < -0.39 is 12.1 Å². The summed E-state index contributed by atoms with van der Waals surface area (Å²) in [4.78, 5) is 0. The second kappa shape index (κ2) is 4.40. The third-order valence-corrected chi connectivity index (χ3v) is 2.57. The summed E-state index contributed by atoms with van der Waals surface area (Å²) < 4.78 is 37.6. The number of hydrogen-bond acceptors (Lipinski definition) is 1. The van der Waals surface area contributed by atoms with Gasteiger partial charge >= 0.3 is 6.18 Å². The summed E-state index contributed by atoms with van der Waals surface area (Å²) in [6, 6.07) is 7.33. The summed E-state index contributed by atoms with van der Waals surface area (Å²) in [6.45, 7) is 5.94. The van der Waals surface area contributed by atoms with Crippen LogP contribution in [0.5, 0.6) is 0 Å². The highest BCUT2D eigenvalue weighted by molar-refractivity contribution is 5.32. The van der Waals surface area contributed by atoms with Gasteiger partial charge in [0.1, 0.15) is 0 Å². The largest absolute Gasteiger partial charge is 0.408 e. The minimum Gasteiger partial charge on any atom is -0.197 e. The fourth-order valence-corrected chi connectivity index (χ4v) is 1.51. The first-order chi connectivity index (χ1) is 7.66. The van der Waals surface area contributed by atoms with Gasteiger partial charge in [-0.3, -0.25) is 0 Å². The third kappa shape index (κ3) is 3.23. The predicted molar refractivity (Wildman–Crippen MR) is 59.6 cm³/mol. The van der Waals surface area contributed by atoms with Crippen LogP contribution in [0.4, 0.5) is 13.2 Å². The number of hydrogen-bond donors (Lipinski definition) is 0. The van der Waals surface area contributed by atoms with Crippen LogP contribution in [0.1, 0.15) is 37.8 Å². The number of halogens is 3. The van der Waals surface area contributed by atoms with Crippen LogP contribution in [-0.4, -0.2) is 6.18 Å². The van der Waals surface area contributed by atoms with Crippen LogP contribution in [0.3, 0.4) is 0 Å². The van der Waals surface area contributed by atoms with Crippen molar-refractivity contribution in [1.82, 2.24) is 0 Å². The summed E-state index contributed by atoms with van der Waals surface area (Å²) in [7, 11) is 0. The van der Waals surface area contributed by atoms with E-state index in [9.17, 15) is 13.2 Å². The molecule has 0 saturated carbocycles. The maximum atomic E-state index is 12.5. The molecule has 0 saturated heterocycles. The van der Waals surface area contributed by atoms with Gasteiger partial charge in [0, 0.05) is 0 Å². The Bertz CT molecular complexity index is 418. The molecule has 0 aliphatic carbocycles. The van der Waals surface area contributed by atoms with Crippen LogP contribution in [0, 0.1) is 11.3 Å². The molecule has 0 N–H and O–H groups in total. The third-order valence-electron chi connectivity index (χ3n) is 2.57. The van der Waals surface area contributed by atoms with Crippen molar-refractivity contribution in [1.29, 1.82) is 5.26 Å². The molecule has 1 aromatic rings.